The van der Waals surface area contributed by atoms with Gasteiger partial charge < -0.3 is 9.88 Å². The lowest BCUT2D eigenvalue weighted by Gasteiger charge is -2.13. The molecule has 1 amide bonds. The Bertz CT molecular complexity index is 831. The Morgan fingerprint density at radius 2 is 2.08 bits per heavy atom. The summed E-state index contributed by atoms with van der Waals surface area (Å²) in [7, 11) is 1.95. The molecule has 2 N–H and O–H groups in total. The van der Waals surface area contributed by atoms with Crippen LogP contribution in [0.4, 0.5) is 0 Å². The number of nitrogens with one attached hydrogen (secondary N) is 2. The number of H-pyrrole nitrogens is 1. The average molecular weight is 323 g/mol. The van der Waals surface area contributed by atoms with Crippen molar-refractivity contribution < 1.29 is 4.79 Å². The maximum Gasteiger partial charge on any atom is 0.251 e. The molecular formula is C18H21N5O. The van der Waals surface area contributed by atoms with E-state index in [0.717, 1.165) is 22.6 Å². The maximum atomic E-state index is 12.4. The van der Waals surface area contributed by atoms with E-state index in [4.69, 9.17) is 0 Å². The van der Waals surface area contributed by atoms with Crippen LogP contribution in [0.2, 0.25) is 0 Å². The quantitative estimate of drug-likeness (QED) is 0.757. The fraction of sp³-hybridized carbons (Fsp3) is 0.278. The third-order valence-corrected chi connectivity index (χ3v) is 3.91. The second-order valence-corrected chi connectivity index (χ2v) is 6.09. The SMILES string of the molecule is Cc1cc(C[C@H](C)NC(=O)c2ccc(-c3cncn3C)cc2)n[nH]1. The van der Waals surface area contributed by atoms with Crippen LogP contribution in [0.1, 0.15) is 28.7 Å². The highest BCUT2D eigenvalue weighted by molar-refractivity contribution is 5.94. The van der Waals surface area contributed by atoms with Crippen molar-refractivity contribution in [2.45, 2.75) is 26.3 Å². The van der Waals surface area contributed by atoms with Crippen LogP contribution in [0, 0.1) is 6.92 Å². The molecule has 3 rings (SSSR count). The molecule has 3 aromatic rings. The van der Waals surface area contributed by atoms with Gasteiger partial charge in [0.2, 0.25) is 0 Å². The van der Waals surface area contributed by atoms with Crippen LogP contribution in [-0.4, -0.2) is 31.7 Å². The highest BCUT2D eigenvalue weighted by atomic mass is 16.1. The Hall–Kier alpha value is -2.89. The Morgan fingerprint density at radius 3 is 2.67 bits per heavy atom. The van der Waals surface area contributed by atoms with Gasteiger partial charge in [0.25, 0.3) is 5.91 Å². The Balaban J connectivity index is 1.63. The summed E-state index contributed by atoms with van der Waals surface area (Å²) >= 11 is 0. The number of hydrogen-bond donors (Lipinski definition) is 2. The first kappa shape index (κ1) is 16.0. The van der Waals surface area contributed by atoms with Crippen molar-refractivity contribution in [2.24, 2.45) is 7.05 Å². The second-order valence-electron chi connectivity index (χ2n) is 6.09. The number of carbonyl (C=O) groups is 1. The van der Waals surface area contributed by atoms with Gasteiger partial charge in [0.15, 0.2) is 0 Å². The van der Waals surface area contributed by atoms with Crippen molar-refractivity contribution in [1.29, 1.82) is 0 Å². The van der Waals surface area contributed by atoms with Gasteiger partial charge in [-0.3, -0.25) is 9.89 Å². The van der Waals surface area contributed by atoms with Crippen LogP contribution in [-0.2, 0) is 13.5 Å². The first-order valence-electron chi connectivity index (χ1n) is 7.91. The van der Waals surface area contributed by atoms with E-state index < -0.39 is 0 Å². The number of aryl methyl sites for hydroxylation is 2. The zero-order valence-electron chi connectivity index (χ0n) is 14.1. The summed E-state index contributed by atoms with van der Waals surface area (Å²) in [6.45, 7) is 3.94. The lowest BCUT2D eigenvalue weighted by Crippen LogP contribution is -2.34. The van der Waals surface area contributed by atoms with Crippen molar-refractivity contribution in [2.75, 3.05) is 0 Å². The van der Waals surface area contributed by atoms with E-state index in [-0.39, 0.29) is 11.9 Å². The predicted octanol–water partition coefficient (Wildman–Crippen LogP) is 2.48. The summed E-state index contributed by atoms with van der Waals surface area (Å²) < 4.78 is 1.95. The summed E-state index contributed by atoms with van der Waals surface area (Å²) in [5.41, 5.74) is 4.67. The molecule has 6 heteroatoms. The second kappa shape index (κ2) is 6.70. The van der Waals surface area contributed by atoms with Crippen molar-refractivity contribution >= 4 is 5.91 Å². The van der Waals surface area contributed by atoms with Crippen LogP contribution >= 0.6 is 0 Å². The van der Waals surface area contributed by atoms with Gasteiger partial charge in [-0.1, -0.05) is 12.1 Å². The van der Waals surface area contributed by atoms with Gasteiger partial charge in [-0.05, 0) is 37.6 Å². The van der Waals surface area contributed by atoms with Crippen LogP contribution < -0.4 is 5.32 Å². The Labute approximate surface area is 140 Å². The number of carbonyl (C=O) groups excluding carboxylic acids is 1. The molecule has 0 bridgehead atoms. The molecule has 24 heavy (non-hydrogen) atoms. The minimum atomic E-state index is -0.0775. The topological polar surface area (TPSA) is 75.6 Å². The van der Waals surface area contributed by atoms with E-state index in [9.17, 15) is 4.79 Å². The molecular weight excluding hydrogens is 302 g/mol. The first-order valence-corrected chi connectivity index (χ1v) is 7.91. The standard InChI is InChI=1S/C18H21N5O/c1-12(8-16-9-13(2)21-22-16)20-18(24)15-6-4-14(5-7-15)17-10-19-11-23(17)3/h4-7,9-12H,8H2,1-3H3,(H,20,24)(H,21,22)/t12-/m0/s1. The highest BCUT2D eigenvalue weighted by Crippen LogP contribution is 2.18. The van der Waals surface area contributed by atoms with Gasteiger partial charge in [0, 0.05) is 30.8 Å². The van der Waals surface area contributed by atoms with Crippen LogP contribution in [0.5, 0.6) is 0 Å². The monoisotopic (exact) mass is 323 g/mol. The van der Waals surface area contributed by atoms with E-state index >= 15 is 0 Å². The highest BCUT2D eigenvalue weighted by Gasteiger charge is 2.12. The fourth-order valence-electron chi connectivity index (χ4n) is 2.68. The van der Waals surface area contributed by atoms with Gasteiger partial charge >= 0.3 is 0 Å². The molecule has 0 aliphatic heterocycles. The third kappa shape index (κ3) is 3.53. The van der Waals surface area contributed by atoms with Crippen molar-refractivity contribution in [3.8, 4) is 11.3 Å². The van der Waals surface area contributed by atoms with Crippen LogP contribution in [0.3, 0.4) is 0 Å². The van der Waals surface area contributed by atoms with Crippen LogP contribution in [0.25, 0.3) is 11.3 Å². The summed E-state index contributed by atoms with van der Waals surface area (Å²) in [4.78, 5) is 16.5. The number of aromatic amines is 1. The summed E-state index contributed by atoms with van der Waals surface area (Å²) in [5, 5.41) is 10.1. The zero-order chi connectivity index (χ0) is 17.1. The van der Waals surface area contributed by atoms with Crippen molar-refractivity contribution in [1.82, 2.24) is 25.1 Å². The Morgan fingerprint density at radius 1 is 1.33 bits per heavy atom. The minimum absolute atomic E-state index is 0.0111. The molecule has 0 fully saturated rings. The molecule has 0 unspecified atom stereocenters. The van der Waals surface area contributed by atoms with Crippen molar-refractivity contribution in [3.63, 3.8) is 0 Å². The van der Waals surface area contributed by atoms with E-state index in [1.807, 2.05) is 62.0 Å². The number of hydrogen-bond acceptors (Lipinski definition) is 3. The summed E-state index contributed by atoms with van der Waals surface area (Å²) in [6.07, 6.45) is 4.26. The number of imidazole rings is 1. The van der Waals surface area contributed by atoms with E-state index in [0.29, 0.717) is 12.0 Å². The van der Waals surface area contributed by atoms with Gasteiger partial charge in [0.1, 0.15) is 0 Å². The molecule has 0 spiro atoms. The maximum absolute atomic E-state index is 12.4. The molecule has 6 nitrogen and oxygen atoms in total. The lowest BCUT2D eigenvalue weighted by atomic mass is 10.1. The number of nitrogens with zero attached hydrogens (tertiary/aromatic N) is 3. The Kier molecular flexibility index (Phi) is 4.46. The van der Waals surface area contributed by atoms with E-state index in [1.165, 1.54) is 0 Å². The lowest BCUT2D eigenvalue weighted by molar-refractivity contribution is 0.0940. The largest absolute Gasteiger partial charge is 0.349 e. The molecule has 1 atom stereocenters. The van der Waals surface area contributed by atoms with Crippen molar-refractivity contribution in [3.05, 3.63) is 59.8 Å². The average Bonchev–Trinajstić information content (AvgIpc) is 3.15. The predicted molar refractivity (Wildman–Crippen MR) is 92.6 cm³/mol. The summed E-state index contributed by atoms with van der Waals surface area (Å²) in [6, 6.07) is 9.55. The zero-order valence-corrected chi connectivity index (χ0v) is 14.1. The first-order chi connectivity index (χ1) is 11.5. The molecule has 2 heterocycles. The number of aromatic nitrogens is 4. The number of benzene rings is 1. The summed E-state index contributed by atoms with van der Waals surface area (Å²) in [5.74, 6) is -0.0775. The molecule has 1 aromatic carbocycles. The fourth-order valence-corrected chi connectivity index (χ4v) is 2.68. The smallest absolute Gasteiger partial charge is 0.251 e. The van der Waals surface area contributed by atoms with E-state index in [2.05, 4.69) is 20.5 Å². The molecule has 2 aromatic heterocycles. The molecule has 0 radical (unpaired) electrons. The van der Waals surface area contributed by atoms with E-state index in [1.54, 1.807) is 6.33 Å². The van der Waals surface area contributed by atoms with Gasteiger partial charge in [0.05, 0.1) is 23.9 Å². The van der Waals surface area contributed by atoms with Gasteiger partial charge in [-0.15, -0.1) is 0 Å². The molecule has 124 valence electrons. The van der Waals surface area contributed by atoms with Gasteiger partial charge in [-0.2, -0.15) is 5.10 Å². The molecule has 0 saturated carbocycles. The molecule has 0 aliphatic carbocycles. The normalized spacial score (nSPS) is 12.1. The molecule has 0 saturated heterocycles. The molecule has 0 aliphatic rings. The number of rotatable bonds is 5. The third-order valence-electron chi connectivity index (χ3n) is 3.91. The van der Waals surface area contributed by atoms with Crippen LogP contribution in [0.15, 0.2) is 42.9 Å². The minimum Gasteiger partial charge on any atom is -0.349 e. The van der Waals surface area contributed by atoms with Gasteiger partial charge in [-0.25, -0.2) is 4.98 Å². The number of amides is 1.